The third kappa shape index (κ3) is 8.30. The van der Waals surface area contributed by atoms with Crippen molar-refractivity contribution < 1.29 is 5.11 Å². The van der Waals surface area contributed by atoms with Crippen molar-refractivity contribution in [3.63, 3.8) is 0 Å². The lowest BCUT2D eigenvalue weighted by molar-refractivity contribution is 0.275. The molecular weight excluding hydrogens is 206 g/mol. The van der Waals surface area contributed by atoms with Crippen LogP contribution in [-0.4, -0.2) is 42.1 Å². The summed E-state index contributed by atoms with van der Waals surface area (Å²) in [5, 5.41) is 9.56. The molecule has 0 amide bonds. The van der Waals surface area contributed by atoms with Gasteiger partial charge in [-0.05, 0) is 32.9 Å². The summed E-state index contributed by atoms with van der Waals surface area (Å²) in [6.07, 6.45) is 3.29. The van der Waals surface area contributed by atoms with Crippen LogP contribution in [0.5, 0.6) is 0 Å². The Morgan fingerprint density at radius 1 is 1.18 bits per heavy atom. The third-order valence-corrected chi connectivity index (χ3v) is 2.02. The van der Waals surface area contributed by atoms with Crippen LogP contribution in [0.3, 0.4) is 0 Å². The summed E-state index contributed by atoms with van der Waals surface area (Å²) in [6, 6.07) is 0. The topological polar surface area (TPSA) is 23.5 Å². The standard InChI is InChI=1S/C8H18BrNO/c1-10(7-5-9)6-3-2-4-8-11/h11H,2-8H2,1H3. The van der Waals surface area contributed by atoms with Crippen LogP contribution >= 0.6 is 15.9 Å². The molecule has 0 rings (SSSR count). The van der Waals surface area contributed by atoms with Crippen molar-refractivity contribution in [2.75, 3.05) is 32.1 Å². The molecule has 2 nitrogen and oxygen atoms in total. The van der Waals surface area contributed by atoms with Crippen LogP contribution in [0.2, 0.25) is 0 Å². The van der Waals surface area contributed by atoms with Crippen LogP contribution in [0.25, 0.3) is 0 Å². The summed E-state index contributed by atoms with van der Waals surface area (Å²) in [4.78, 5) is 2.30. The van der Waals surface area contributed by atoms with Crippen molar-refractivity contribution in [2.45, 2.75) is 19.3 Å². The van der Waals surface area contributed by atoms with Crippen LogP contribution in [0, 0.1) is 0 Å². The van der Waals surface area contributed by atoms with E-state index < -0.39 is 0 Å². The van der Waals surface area contributed by atoms with E-state index in [0.29, 0.717) is 6.61 Å². The summed E-state index contributed by atoms with van der Waals surface area (Å²) < 4.78 is 0. The van der Waals surface area contributed by atoms with E-state index >= 15 is 0 Å². The van der Waals surface area contributed by atoms with E-state index in [1.54, 1.807) is 0 Å². The van der Waals surface area contributed by atoms with Gasteiger partial charge in [0.15, 0.2) is 0 Å². The number of unbranched alkanes of at least 4 members (excludes halogenated alkanes) is 2. The van der Waals surface area contributed by atoms with Gasteiger partial charge in [-0.25, -0.2) is 0 Å². The predicted octanol–water partition coefficient (Wildman–Crippen LogP) is 1.48. The van der Waals surface area contributed by atoms with E-state index in [1.165, 1.54) is 6.42 Å². The fourth-order valence-electron chi connectivity index (χ4n) is 0.926. The molecular formula is C8H18BrNO. The maximum atomic E-state index is 8.51. The maximum absolute atomic E-state index is 8.51. The van der Waals surface area contributed by atoms with Crippen molar-refractivity contribution in [3.05, 3.63) is 0 Å². The highest BCUT2D eigenvalue weighted by atomic mass is 79.9. The Morgan fingerprint density at radius 2 is 1.91 bits per heavy atom. The van der Waals surface area contributed by atoms with Crippen molar-refractivity contribution in [2.24, 2.45) is 0 Å². The Bertz CT molecular complexity index is 80.5. The number of aliphatic hydroxyl groups is 1. The molecule has 0 aliphatic rings. The van der Waals surface area contributed by atoms with Gasteiger partial charge in [-0.15, -0.1) is 0 Å². The summed E-state index contributed by atoms with van der Waals surface area (Å²) in [6.45, 7) is 2.59. The van der Waals surface area contributed by atoms with Gasteiger partial charge in [0, 0.05) is 18.5 Å². The lowest BCUT2D eigenvalue weighted by Crippen LogP contribution is -2.21. The second kappa shape index (κ2) is 8.50. The number of alkyl halides is 1. The lowest BCUT2D eigenvalue weighted by Gasteiger charge is -2.13. The zero-order valence-electron chi connectivity index (χ0n) is 7.22. The molecule has 0 aromatic carbocycles. The van der Waals surface area contributed by atoms with Gasteiger partial charge in [0.25, 0.3) is 0 Å². The van der Waals surface area contributed by atoms with Gasteiger partial charge in [-0.3, -0.25) is 0 Å². The first-order valence-electron chi connectivity index (χ1n) is 4.16. The number of nitrogens with zero attached hydrogens (tertiary/aromatic N) is 1. The summed E-state index contributed by atoms with van der Waals surface area (Å²) in [5.41, 5.74) is 0. The number of hydrogen-bond acceptors (Lipinski definition) is 2. The number of halogens is 1. The van der Waals surface area contributed by atoms with Crippen LogP contribution < -0.4 is 0 Å². The summed E-state index contributed by atoms with van der Waals surface area (Å²) >= 11 is 3.39. The fourth-order valence-corrected chi connectivity index (χ4v) is 1.53. The molecule has 0 saturated heterocycles. The second-order valence-electron chi connectivity index (χ2n) is 2.78. The average Bonchev–Trinajstić information content (AvgIpc) is 1.99. The van der Waals surface area contributed by atoms with Gasteiger partial charge in [-0.2, -0.15) is 0 Å². The highest BCUT2D eigenvalue weighted by Gasteiger charge is 1.95. The number of hydrogen-bond donors (Lipinski definition) is 1. The predicted molar refractivity (Wildman–Crippen MR) is 52.2 cm³/mol. The quantitative estimate of drug-likeness (QED) is 0.523. The van der Waals surface area contributed by atoms with Crippen molar-refractivity contribution >= 4 is 15.9 Å². The summed E-state index contributed by atoms with van der Waals surface area (Å²) in [5.74, 6) is 0. The minimum Gasteiger partial charge on any atom is -0.396 e. The Morgan fingerprint density at radius 3 is 2.45 bits per heavy atom. The molecule has 0 bridgehead atoms. The highest BCUT2D eigenvalue weighted by Crippen LogP contribution is 1.96. The van der Waals surface area contributed by atoms with Gasteiger partial charge in [-0.1, -0.05) is 15.9 Å². The van der Waals surface area contributed by atoms with Gasteiger partial charge in [0.2, 0.25) is 0 Å². The smallest absolute Gasteiger partial charge is 0.0431 e. The van der Waals surface area contributed by atoms with Crippen molar-refractivity contribution in [1.29, 1.82) is 0 Å². The Hall–Kier alpha value is 0.400. The normalized spacial score (nSPS) is 10.9. The molecule has 0 atom stereocenters. The molecule has 68 valence electrons. The minimum absolute atomic E-state index is 0.335. The second-order valence-corrected chi connectivity index (χ2v) is 3.57. The van der Waals surface area contributed by atoms with E-state index in [9.17, 15) is 0 Å². The van der Waals surface area contributed by atoms with Gasteiger partial charge >= 0.3 is 0 Å². The Kier molecular flexibility index (Phi) is 8.81. The molecule has 0 aromatic rings. The van der Waals surface area contributed by atoms with E-state index in [4.69, 9.17) is 5.11 Å². The first-order chi connectivity index (χ1) is 5.31. The number of rotatable bonds is 7. The van der Waals surface area contributed by atoms with E-state index in [1.807, 2.05) is 0 Å². The molecule has 1 N–H and O–H groups in total. The van der Waals surface area contributed by atoms with Crippen molar-refractivity contribution in [1.82, 2.24) is 4.90 Å². The largest absolute Gasteiger partial charge is 0.396 e. The lowest BCUT2D eigenvalue weighted by atomic mass is 10.2. The van der Waals surface area contributed by atoms with Gasteiger partial charge in [0.1, 0.15) is 0 Å². The molecule has 3 heteroatoms. The third-order valence-electron chi connectivity index (χ3n) is 1.66. The SMILES string of the molecule is CN(CCBr)CCCCCO. The molecule has 0 fully saturated rings. The monoisotopic (exact) mass is 223 g/mol. The molecule has 0 heterocycles. The Balaban J connectivity index is 2.97. The average molecular weight is 224 g/mol. The Labute approximate surface area is 77.7 Å². The highest BCUT2D eigenvalue weighted by molar-refractivity contribution is 9.09. The zero-order valence-corrected chi connectivity index (χ0v) is 8.81. The number of aliphatic hydroxyl groups excluding tert-OH is 1. The zero-order chi connectivity index (χ0) is 8.53. The van der Waals surface area contributed by atoms with E-state index in [-0.39, 0.29) is 0 Å². The molecule has 11 heavy (non-hydrogen) atoms. The fraction of sp³-hybridized carbons (Fsp3) is 1.00. The van der Waals surface area contributed by atoms with Crippen LogP contribution in [0.4, 0.5) is 0 Å². The molecule has 0 aliphatic heterocycles. The van der Waals surface area contributed by atoms with Crippen LogP contribution in [0.1, 0.15) is 19.3 Å². The molecule has 0 unspecified atom stereocenters. The molecule has 0 saturated carbocycles. The van der Waals surface area contributed by atoms with Crippen LogP contribution in [-0.2, 0) is 0 Å². The van der Waals surface area contributed by atoms with E-state index in [2.05, 4.69) is 27.9 Å². The van der Waals surface area contributed by atoms with Gasteiger partial charge < -0.3 is 10.0 Å². The molecule has 0 aliphatic carbocycles. The van der Waals surface area contributed by atoms with Crippen molar-refractivity contribution in [3.8, 4) is 0 Å². The van der Waals surface area contributed by atoms with Gasteiger partial charge in [0.05, 0.1) is 0 Å². The molecule has 0 spiro atoms. The maximum Gasteiger partial charge on any atom is 0.0431 e. The van der Waals surface area contributed by atoms with Crippen LogP contribution in [0.15, 0.2) is 0 Å². The first kappa shape index (κ1) is 11.4. The minimum atomic E-state index is 0.335. The molecule has 0 aromatic heterocycles. The summed E-state index contributed by atoms with van der Waals surface area (Å²) in [7, 11) is 2.13. The molecule has 0 radical (unpaired) electrons. The van der Waals surface area contributed by atoms with E-state index in [0.717, 1.165) is 31.3 Å². The first-order valence-corrected chi connectivity index (χ1v) is 5.28.